The lowest BCUT2D eigenvalue weighted by Crippen LogP contribution is -2.35. The molecule has 0 aliphatic carbocycles. The predicted octanol–water partition coefficient (Wildman–Crippen LogP) is 1.77. The van der Waals surface area contributed by atoms with E-state index in [1.165, 1.54) is 10.6 Å². The van der Waals surface area contributed by atoms with Crippen LogP contribution in [0.4, 0.5) is 5.82 Å². The van der Waals surface area contributed by atoms with Gasteiger partial charge in [0, 0.05) is 57.6 Å². The van der Waals surface area contributed by atoms with E-state index in [1.54, 1.807) is 14.1 Å². The molecule has 2 aromatic heterocycles. The zero-order chi connectivity index (χ0) is 20.6. The van der Waals surface area contributed by atoms with E-state index >= 15 is 0 Å². The van der Waals surface area contributed by atoms with Crippen LogP contribution >= 0.6 is 0 Å². The van der Waals surface area contributed by atoms with Gasteiger partial charge in [-0.25, -0.2) is 9.97 Å². The molecule has 8 nitrogen and oxygen atoms in total. The van der Waals surface area contributed by atoms with Crippen LogP contribution in [0.3, 0.4) is 0 Å². The van der Waals surface area contributed by atoms with Crippen LogP contribution in [0, 0.1) is 20.8 Å². The summed E-state index contributed by atoms with van der Waals surface area (Å²) in [5, 5.41) is 8.16. The van der Waals surface area contributed by atoms with Crippen LogP contribution in [-0.4, -0.2) is 63.8 Å². The van der Waals surface area contributed by atoms with Crippen molar-refractivity contribution in [2.75, 3.05) is 32.1 Å². The van der Waals surface area contributed by atoms with Gasteiger partial charge in [0.15, 0.2) is 0 Å². The van der Waals surface area contributed by atoms with Crippen LogP contribution in [0.15, 0.2) is 6.07 Å². The summed E-state index contributed by atoms with van der Waals surface area (Å²) in [4.78, 5) is 25.1. The molecule has 0 spiro atoms. The van der Waals surface area contributed by atoms with Gasteiger partial charge in [0.1, 0.15) is 5.82 Å². The molecule has 3 rings (SSSR count). The first-order valence-electron chi connectivity index (χ1n) is 9.75. The van der Waals surface area contributed by atoms with Gasteiger partial charge in [-0.2, -0.15) is 5.10 Å². The number of aromatic nitrogens is 4. The molecule has 0 bridgehead atoms. The maximum Gasteiger partial charge on any atom is 0.291 e. The number of nitrogens with one attached hydrogen (secondary N) is 1. The molecule has 1 amide bonds. The largest absolute Gasteiger partial charge is 0.355 e. The second kappa shape index (κ2) is 7.87. The van der Waals surface area contributed by atoms with Crippen molar-refractivity contribution in [3.05, 3.63) is 34.5 Å². The minimum absolute atomic E-state index is 0.168. The average molecular weight is 386 g/mol. The molecule has 28 heavy (non-hydrogen) atoms. The van der Waals surface area contributed by atoms with Crippen molar-refractivity contribution in [1.82, 2.24) is 30.0 Å². The average Bonchev–Trinajstić information content (AvgIpc) is 3.22. The summed E-state index contributed by atoms with van der Waals surface area (Å²) in [6.45, 7) is 9.91. The summed E-state index contributed by atoms with van der Waals surface area (Å²) < 4.78 is 1.94. The Morgan fingerprint density at radius 2 is 2.00 bits per heavy atom. The fraction of sp³-hybridized carbons (Fsp3) is 0.600. The third kappa shape index (κ3) is 4.01. The Morgan fingerprint density at radius 1 is 1.29 bits per heavy atom. The molecule has 1 fully saturated rings. The Morgan fingerprint density at radius 3 is 2.61 bits per heavy atom. The van der Waals surface area contributed by atoms with Crippen LogP contribution in [-0.2, 0) is 7.05 Å². The molecule has 0 saturated carbocycles. The fourth-order valence-electron chi connectivity index (χ4n) is 3.78. The van der Waals surface area contributed by atoms with Crippen molar-refractivity contribution in [2.24, 2.45) is 7.05 Å². The first-order chi connectivity index (χ1) is 13.2. The van der Waals surface area contributed by atoms with E-state index < -0.39 is 0 Å². The number of nitrogens with zero attached hydrogens (tertiary/aromatic N) is 6. The lowest BCUT2D eigenvalue weighted by atomic mass is 10.1. The molecule has 0 aromatic carbocycles. The van der Waals surface area contributed by atoms with Gasteiger partial charge in [-0.3, -0.25) is 9.48 Å². The maximum atomic E-state index is 12.3. The second-order valence-corrected chi connectivity index (χ2v) is 7.93. The molecule has 2 aromatic rings. The molecule has 3 heterocycles. The minimum atomic E-state index is -0.168. The molecular weight excluding hydrogens is 354 g/mol. The smallest absolute Gasteiger partial charge is 0.291 e. The van der Waals surface area contributed by atoms with Gasteiger partial charge in [-0.1, -0.05) is 0 Å². The zero-order valence-corrected chi connectivity index (χ0v) is 17.9. The molecule has 0 radical (unpaired) electrons. The zero-order valence-electron chi connectivity index (χ0n) is 17.9. The van der Waals surface area contributed by atoms with Crippen LogP contribution in [0.25, 0.3) is 0 Å². The molecule has 1 unspecified atom stereocenters. The molecule has 1 aliphatic heterocycles. The van der Waals surface area contributed by atoms with E-state index in [4.69, 9.17) is 0 Å². The summed E-state index contributed by atoms with van der Waals surface area (Å²) in [6.07, 6.45) is 1.03. The fourth-order valence-corrected chi connectivity index (χ4v) is 3.78. The summed E-state index contributed by atoms with van der Waals surface area (Å²) in [5.74, 6) is 0.961. The van der Waals surface area contributed by atoms with Crippen molar-refractivity contribution >= 4 is 11.7 Å². The Kier molecular flexibility index (Phi) is 5.69. The van der Waals surface area contributed by atoms with Gasteiger partial charge >= 0.3 is 0 Å². The predicted molar refractivity (Wildman–Crippen MR) is 110 cm³/mol. The van der Waals surface area contributed by atoms with E-state index in [2.05, 4.69) is 38.3 Å². The van der Waals surface area contributed by atoms with E-state index in [1.807, 2.05) is 32.5 Å². The van der Waals surface area contributed by atoms with Crippen molar-refractivity contribution in [3.63, 3.8) is 0 Å². The Hall–Kier alpha value is -2.48. The lowest BCUT2D eigenvalue weighted by molar-refractivity contribution is 0.0815. The monoisotopic (exact) mass is 385 g/mol. The van der Waals surface area contributed by atoms with Gasteiger partial charge in [-0.05, 0) is 40.2 Å². The van der Waals surface area contributed by atoms with Gasteiger partial charge in [0.2, 0.25) is 5.82 Å². The maximum absolute atomic E-state index is 12.3. The van der Waals surface area contributed by atoms with Crippen LogP contribution in [0.2, 0.25) is 0 Å². The number of carbonyl (C=O) groups is 1. The second-order valence-electron chi connectivity index (χ2n) is 7.93. The van der Waals surface area contributed by atoms with Crippen molar-refractivity contribution in [3.8, 4) is 0 Å². The number of carbonyl (C=O) groups excluding carboxylic acids is 1. The molecule has 1 N–H and O–H groups in total. The summed E-state index contributed by atoms with van der Waals surface area (Å²) in [5.41, 5.74) is 4.10. The minimum Gasteiger partial charge on any atom is -0.355 e. The van der Waals surface area contributed by atoms with Crippen molar-refractivity contribution < 1.29 is 4.79 Å². The highest BCUT2D eigenvalue weighted by molar-refractivity contribution is 5.90. The third-order valence-electron chi connectivity index (χ3n) is 5.42. The Balaban J connectivity index is 1.74. The first kappa shape index (κ1) is 20.3. The molecule has 8 heteroatoms. The Labute approximate surface area is 167 Å². The first-order valence-corrected chi connectivity index (χ1v) is 9.75. The lowest BCUT2D eigenvalue weighted by Gasteiger charge is -2.23. The van der Waals surface area contributed by atoms with E-state index in [-0.39, 0.29) is 17.8 Å². The van der Waals surface area contributed by atoms with E-state index in [9.17, 15) is 4.79 Å². The number of hydrogen-bond acceptors (Lipinski definition) is 6. The van der Waals surface area contributed by atoms with Crippen LogP contribution in [0.5, 0.6) is 0 Å². The van der Waals surface area contributed by atoms with Crippen molar-refractivity contribution in [2.45, 2.75) is 46.2 Å². The Bertz CT molecular complexity index is 874. The highest BCUT2D eigenvalue weighted by atomic mass is 16.2. The summed E-state index contributed by atoms with van der Waals surface area (Å²) in [7, 11) is 5.42. The van der Waals surface area contributed by atoms with Gasteiger partial charge < -0.3 is 15.1 Å². The quantitative estimate of drug-likeness (QED) is 0.845. The van der Waals surface area contributed by atoms with Gasteiger partial charge in [0.25, 0.3) is 5.91 Å². The number of anilines is 1. The van der Waals surface area contributed by atoms with E-state index in [0.29, 0.717) is 6.04 Å². The highest BCUT2D eigenvalue weighted by Gasteiger charge is 2.28. The summed E-state index contributed by atoms with van der Waals surface area (Å²) in [6, 6.07) is 2.70. The standard InChI is InChI=1S/C20H31N7O/c1-12-10-17(26(7)24-12)15(4)21-16-8-9-27(11-16)19-13(2)14(3)22-18(23-19)20(28)25(5)6/h10,15-16,21H,8-9,11H2,1-7H3/t15?,16-/m1/s1. The number of rotatable bonds is 5. The highest BCUT2D eigenvalue weighted by Crippen LogP contribution is 2.25. The molecule has 2 atom stereocenters. The third-order valence-corrected chi connectivity index (χ3v) is 5.42. The van der Waals surface area contributed by atoms with Gasteiger partial charge in [0.05, 0.1) is 11.4 Å². The van der Waals surface area contributed by atoms with E-state index in [0.717, 1.165) is 42.3 Å². The SMILES string of the molecule is Cc1cc(C(C)N[C@@H]2CCN(c3nc(C(=O)N(C)C)nc(C)c3C)C2)n(C)n1. The number of hydrogen-bond donors (Lipinski definition) is 1. The number of aryl methyl sites for hydroxylation is 3. The topological polar surface area (TPSA) is 79.2 Å². The van der Waals surface area contributed by atoms with Crippen LogP contribution in [0.1, 0.15) is 52.7 Å². The number of amides is 1. The van der Waals surface area contributed by atoms with Gasteiger partial charge in [-0.15, -0.1) is 0 Å². The van der Waals surface area contributed by atoms with Crippen molar-refractivity contribution in [1.29, 1.82) is 0 Å². The molecule has 152 valence electrons. The molecule has 1 aliphatic rings. The normalized spacial score (nSPS) is 17.8. The van der Waals surface area contributed by atoms with Crippen LogP contribution < -0.4 is 10.2 Å². The summed E-state index contributed by atoms with van der Waals surface area (Å²) >= 11 is 0. The molecule has 1 saturated heterocycles. The molecular formula is C20H31N7O.